The number of anilines is 1. The van der Waals surface area contributed by atoms with Crippen LogP contribution in [0.25, 0.3) is 10.8 Å². The number of nitrogens with zero attached hydrogens (tertiary/aromatic N) is 6. The lowest BCUT2D eigenvalue weighted by Gasteiger charge is -2.11. The average Bonchev–Trinajstić information content (AvgIpc) is 3.19. The summed E-state index contributed by atoms with van der Waals surface area (Å²) in [5, 5.41) is 75.0. The maximum Gasteiger partial charge on any atom is 0.255 e. The first-order valence-corrected chi connectivity index (χ1v) is 17.5. The smallest absolute Gasteiger partial charge is 0.255 e. The highest BCUT2D eigenvalue weighted by Gasteiger charge is 2.17. The number of benzene rings is 6. The van der Waals surface area contributed by atoms with Crippen LogP contribution in [0.5, 0.6) is 11.5 Å². The molecule has 18 heteroatoms. The summed E-state index contributed by atoms with van der Waals surface area (Å²) in [6, 6.07) is 29.9. The van der Waals surface area contributed by atoms with Crippen LogP contribution in [-0.2, 0) is 18.7 Å². The van der Waals surface area contributed by atoms with Crippen molar-refractivity contribution in [1.29, 1.82) is 0 Å². The number of fused-ring (bicyclic) bond motifs is 1. The molecule has 55 heavy (non-hydrogen) atoms. The monoisotopic (exact) mass is 779 g/mol. The zero-order chi connectivity index (χ0) is 38.7. The molecule has 0 spiro atoms. The molecule has 1 amide bonds. The predicted octanol–water partition coefficient (Wildman–Crippen LogP) is 12.2. The van der Waals surface area contributed by atoms with Crippen LogP contribution in [0.3, 0.4) is 0 Å². The van der Waals surface area contributed by atoms with Gasteiger partial charge in [0, 0.05) is 21.5 Å². The van der Waals surface area contributed by atoms with Crippen molar-refractivity contribution in [3.05, 3.63) is 126 Å². The van der Waals surface area contributed by atoms with E-state index >= 15 is 0 Å². The Morgan fingerprint density at radius 2 is 1.25 bits per heavy atom. The van der Waals surface area contributed by atoms with Crippen LogP contribution in [-0.4, -0.2) is 26.6 Å². The number of carbonyl (C=O) groups is 1. The first-order valence-electron chi connectivity index (χ1n) is 16.0. The molecule has 0 aliphatic rings. The molecule has 0 aromatic heterocycles. The Balaban J connectivity index is 1.17. The van der Waals surface area contributed by atoms with E-state index in [9.17, 15) is 15.0 Å². The first-order chi connectivity index (χ1) is 26.7. The molecule has 0 unspecified atom stereocenters. The molecule has 0 aliphatic carbocycles. The van der Waals surface area contributed by atoms with E-state index in [1.165, 1.54) is 24.3 Å². The van der Waals surface area contributed by atoms with Gasteiger partial charge in [0.2, 0.25) is 0 Å². The maximum absolute atomic E-state index is 12.7. The summed E-state index contributed by atoms with van der Waals surface area (Å²) in [4.78, 5) is 13.6. The Bertz CT molecular complexity index is 2410. The summed E-state index contributed by atoms with van der Waals surface area (Å²) in [5.74, 6) is -0.574. The molecule has 6 aromatic rings. The number of rotatable bonds is 14. The summed E-state index contributed by atoms with van der Waals surface area (Å²) in [5.41, 5.74) is 5.22. The number of aryl methyl sites for hydroxylation is 2. The largest absolute Gasteiger partial charge is 0.508 e. The fourth-order valence-corrected chi connectivity index (χ4v) is 5.93. The number of phenols is 2. The van der Waals surface area contributed by atoms with Gasteiger partial charge in [-0.1, -0.05) is 16.1 Å². The molecule has 6 aromatic carbocycles. The maximum atomic E-state index is 12.7. The van der Waals surface area contributed by atoms with E-state index in [0.29, 0.717) is 67.4 Å². The van der Waals surface area contributed by atoms with Gasteiger partial charge in [0.1, 0.15) is 11.4 Å². The molecular formula is C37H29N7O9S2. The van der Waals surface area contributed by atoms with Crippen LogP contribution in [0, 0.1) is 13.8 Å². The molecule has 16 nitrogen and oxygen atoms in total. The zero-order valence-corrected chi connectivity index (χ0v) is 30.4. The molecule has 0 heterocycles. The third-order valence-electron chi connectivity index (χ3n) is 7.75. The number of phenolic OH excluding ortho intramolecular Hbond substituents is 2. The van der Waals surface area contributed by atoms with Crippen LogP contribution in [0.15, 0.2) is 150 Å². The van der Waals surface area contributed by atoms with E-state index in [1.54, 1.807) is 78.9 Å². The number of carbonyl (C=O) groups excluding carboxylic acids is 1. The van der Waals surface area contributed by atoms with Gasteiger partial charge in [-0.05, 0) is 133 Å². The van der Waals surface area contributed by atoms with E-state index in [4.69, 9.17) is 10.5 Å². The zero-order valence-electron chi connectivity index (χ0n) is 28.7. The molecule has 0 aliphatic heterocycles. The second kappa shape index (κ2) is 18.3. The Labute approximate surface area is 321 Å². The highest BCUT2D eigenvalue weighted by Crippen LogP contribution is 2.45. The summed E-state index contributed by atoms with van der Waals surface area (Å²) >= 11 is 1.42. The van der Waals surface area contributed by atoms with Crippen molar-refractivity contribution in [3.63, 3.8) is 0 Å². The van der Waals surface area contributed by atoms with Crippen LogP contribution < -0.4 is 5.32 Å². The highest BCUT2D eigenvalue weighted by atomic mass is 32.2. The van der Waals surface area contributed by atoms with Crippen molar-refractivity contribution in [2.24, 2.45) is 30.7 Å². The standard InChI is InChI=1S/C37H29N7O9S2/c1-21-17-33(22(2)16-32(21)42-40-26-10-8-25(9-11-26)39-41-28-4-3-5-30(20-28)54-52-50-48)43-44-35-34(55-53-51-49)19-24-18-27(12-15-31(24)36(35)46)38-37(47)23-6-13-29(45)14-7-23/h3-20,45-46,48-49H,1-2H3,(H,38,47). The normalized spacial score (nSPS) is 11.7. The Kier molecular flexibility index (Phi) is 12.9. The Morgan fingerprint density at radius 1 is 0.636 bits per heavy atom. The molecule has 278 valence electrons. The van der Waals surface area contributed by atoms with Crippen molar-refractivity contribution in [2.75, 3.05) is 5.32 Å². The number of amides is 1. The van der Waals surface area contributed by atoms with Gasteiger partial charge in [-0.2, -0.15) is 25.6 Å². The van der Waals surface area contributed by atoms with Crippen LogP contribution in [0.2, 0.25) is 0 Å². The average molecular weight is 780 g/mol. The third-order valence-corrected chi connectivity index (χ3v) is 8.94. The van der Waals surface area contributed by atoms with Gasteiger partial charge >= 0.3 is 0 Å². The lowest BCUT2D eigenvalue weighted by atomic mass is 10.1. The van der Waals surface area contributed by atoms with Gasteiger partial charge < -0.3 is 15.5 Å². The van der Waals surface area contributed by atoms with Gasteiger partial charge in [-0.25, -0.2) is 10.5 Å². The first kappa shape index (κ1) is 38.6. The Hall–Kier alpha value is -6.09. The number of hydrogen-bond acceptors (Lipinski definition) is 17. The second-order valence-electron chi connectivity index (χ2n) is 11.5. The third kappa shape index (κ3) is 10.1. The Morgan fingerprint density at radius 3 is 1.93 bits per heavy atom. The molecule has 0 saturated carbocycles. The molecule has 6 rings (SSSR count). The van der Waals surface area contributed by atoms with Crippen molar-refractivity contribution in [1.82, 2.24) is 0 Å². The summed E-state index contributed by atoms with van der Waals surface area (Å²) in [7, 11) is 0. The SMILES string of the molecule is Cc1cc(N=Nc2c(SOOO)cc3cc(NC(=O)c4ccc(O)cc4)ccc3c2O)c(C)cc1N=Nc1ccc(N=Nc2cccc(SOOO)c2)cc1. The summed E-state index contributed by atoms with van der Waals surface area (Å²) in [6.07, 6.45) is 0. The minimum atomic E-state index is -0.393. The van der Waals surface area contributed by atoms with Crippen molar-refractivity contribution in [3.8, 4) is 11.5 Å². The summed E-state index contributed by atoms with van der Waals surface area (Å²) in [6.45, 7) is 3.69. The molecule has 0 radical (unpaired) electrons. The molecule has 0 fully saturated rings. The topological polar surface area (TPSA) is 221 Å². The second-order valence-corrected chi connectivity index (χ2v) is 13.0. The van der Waals surface area contributed by atoms with Crippen molar-refractivity contribution in [2.45, 2.75) is 23.6 Å². The van der Waals surface area contributed by atoms with Crippen molar-refractivity contribution >= 4 is 80.6 Å². The lowest BCUT2D eigenvalue weighted by molar-refractivity contribution is -0.432. The molecule has 0 saturated heterocycles. The van der Waals surface area contributed by atoms with Crippen LogP contribution >= 0.6 is 24.1 Å². The van der Waals surface area contributed by atoms with Crippen LogP contribution in [0.4, 0.5) is 39.8 Å². The number of nitrogens with one attached hydrogen (secondary N) is 1. The van der Waals surface area contributed by atoms with E-state index in [2.05, 4.69) is 54.7 Å². The van der Waals surface area contributed by atoms with E-state index < -0.39 is 5.91 Å². The predicted molar refractivity (Wildman–Crippen MR) is 204 cm³/mol. The molecule has 0 atom stereocenters. The van der Waals surface area contributed by atoms with Gasteiger partial charge in [0.05, 0.1) is 57.4 Å². The van der Waals surface area contributed by atoms with Gasteiger partial charge in [0.15, 0.2) is 5.75 Å². The van der Waals surface area contributed by atoms with Crippen molar-refractivity contribution < 1.29 is 44.3 Å². The van der Waals surface area contributed by atoms with E-state index in [1.807, 2.05) is 19.9 Å². The fraction of sp³-hybridized carbons (Fsp3) is 0.0541. The minimum Gasteiger partial charge on any atom is -0.508 e. The molecular weight excluding hydrogens is 751 g/mol. The lowest BCUT2D eigenvalue weighted by Crippen LogP contribution is -2.11. The summed E-state index contributed by atoms with van der Waals surface area (Å²) < 4.78 is 9.11. The number of azo groups is 3. The van der Waals surface area contributed by atoms with E-state index in [-0.39, 0.29) is 22.1 Å². The number of aromatic hydroxyl groups is 2. The number of hydrogen-bond donors (Lipinski definition) is 5. The van der Waals surface area contributed by atoms with Gasteiger partial charge in [-0.3, -0.25) is 4.79 Å². The quantitative estimate of drug-likeness (QED) is 0.0303. The fourth-order valence-electron chi connectivity index (χ4n) is 5.03. The highest BCUT2D eigenvalue weighted by molar-refractivity contribution is 7.94. The molecule has 5 N–H and O–H groups in total. The minimum absolute atomic E-state index is 0.0401. The molecule has 0 bridgehead atoms. The van der Waals surface area contributed by atoms with E-state index in [0.717, 1.165) is 23.2 Å². The van der Waals surface area contributed by atoms with Crippen LogP contribution in [0.1, 0.15) is 21.5 Å². The van der Waals surface area contributed by atoms with Gasteiger partial charge in [-0.15, -0.1) is 13.8 Å². The van der Waals surface area contributed by atoms with Gasteiger partial charge in [0.25, 0.3) is 5.91 Å².